The van der Waals surface area contributed by atoms with Crippen LogP contribution in [0.5, 0.6) is 17.4 Å². The molecule has 10 heteroatoms. The number of carbonyl (C=O) groups is 2. The maximum Gasteiger partial charge on any atom is 0.356 e. The molecular formula is C21H21N5O5. The van der Waals surface area contributed by atoms with Gasteiger partial charge in [0, 0.05) is 30.9 Å². The Morgan fingerprint density at radius 1 is 1.19 bits per heavy atom. The normalized spacial score (nSPS) is 14.0. The van der Waals surface area contributed by atoms with E-state index in [4.69, 9.17) is 14.6 Å². The number of aromatic nitrogens is 4. The second-order valence-electron chi connectivity index (χ2n) is 7.31. The highest BCUT2D eigenvalue weighted by Gasteiger charge is 2.43. The molecule has 2 aromatic heterocycles. The predicted octanol–water partition coefficient (Wildman–Crippen LogP) is 3.27. The first-order valence-corrected chi connectivity index (χ1v) is 9.74. The van der Waals surface area contributed by atoms with Crippen LogP contribution in [0.4, 0.5) is 5.82 Å². The molecule has 1 saturated carbocycles. The second-order valence-corrected chi connectivity index (χ2v) is 7.31. The molecule has 10 nitrogen and oxygen atoms in total. The number of carboxylic acids is 1. The minimum atomic E-state index is -1.18. The van der Waals surface area contributed by atoms with Crippen LogP contribution < -0.4 is 14.8 Å². The van der Waals surface area contributed by atoms with Crippen molar-refractivity contribution >= 4 is 17.7 Å². The van der Waals surface area contributed by atoms with Crippen molar-refractivity contribution in [3.8, 4) is 17.4 Å². The van der Waals surface area contributed by atoms with Gasteiger partial charge >= 0.3 is 5.97 Å². The molecule has 1 aliphatic carbocycles. The first kappa shape index (κ1) is 20.3. The van der Waals surface area contributed by atoms with Gasteiger partial charge in [0.2, 0.25) is 5.88 Å². The Kier molecular flexibility index (Phi) is 5.28. The second kappa shape index (κ2) is 8.05. The maximum atomic E-state index is 12.8. The maximum absolute atomic E-state index is 12.8. The van der Waals surface area contributed by atoms with Crippen molar-refractivity contribution in [1.29, 1.82) is 0 Å². The largest absolute Gasteiger partial charge is 0.487 e. The Morgan fingerprint density at radius 2 is 1.97 bits per heavy atom. The van der Waals surface area contributed by atoms with E-state index in [9.17, 15) is 9.59 Å². The van der Waals surface area contributed by atoms with Crippen molar-refractivity contribution in [3.05, 3.63) is 54.1 Å². The SMILES string of the molecule is CCC1(Oc2cc(Oc3cnc(C(=O)O)cn3)cc(C(=O)Nc3ccn(C)n3)c2)CC1. The van der Waals surface area contributed by atoms with E-state index in [1.54, 1.807) is 42.2 Å². The molecule has 1 aliphatic rings. The third-order valence-corrected chi connectivity index (χ3v) is 4.95. The summed E-state index contributed by atoms with van der Waals surface area (Å²) in [6, 6.07) is 6.55. The van der Waals surface area contributed by atoms with E-state index in [0.717, 1.165) is 25.5 Å². The van der Waals surface area contributed by atoms with Gasteiger partial charge in [0.25, 0.3) is 5.91 Å². The van der Waals surface area contributed by atoms with Crippen LogP contribution in [0.3, 0.4) is 0 Å². The minimum absolute atomic E-state index is 0.0925. The number of carbonyl (C=O) groups excluding carboxylic acids is 1. The van der Waals surface area contributed by atoms with Crippen molar-refractivity contribution in [1.82, 2.24) is 19.7 Å². The fourth-order valence-corrected chi connectivity index (χ4v) is 3.01. The van der Waals surface area contributed by atoms with Gasteiger partial charge in [-0.1, -0.05) is 6.92 Å². The number of benzene rings is 1. The zero-order valence-electron chi connectivity index (χ0n) is 17.0. The Balaban J connectivity index is 1.60. The fraction of sp³-hybridized carbons (Fsp3) is 0.286. The van der Waals surface area contributed by atoms with Gasteiger partial charge in [-0.25, -0.2) is 14.8 Å². The van der Waals surface area contributed by atoms with Crippen molar-refractivity contribution in [2.24, 2.45) is 7.05 Å². The molecule has 1 amide bonds. The molecule has 4 rings (SSSR count). The summed E-state index contributed by atoms with van der Waals surface area (Å²) in [5, 5.41) is 15.8. The lowest BCUT2D eigenvalue weighted by atomic mass is 10.1. The van der Waals surface area contributed by atoms with E-state index in [0.29, 0.717) is 22.9 Å². The van der Waals surface area contributed by atoms with Gasteiger partial charge in [-0.2, -0.15) is 5.10 Å². The van der Waals surface area contributed by atoms with Gasteiger partial charge in [0.15, 0.2) is 11.5 Å². The van der Waals surface area contributed by atoms with Crippen LogP contribution in [0.2, 0.25) is 0 Å². The molecule has 2 N–H and O–H groups in total. The summed E-state index contributed by atoms with van der Waals surface area (Å²) < 4.78 is 13.4. The van der Waals surface area contributed by atoms with E-state index in [1.807, 2.05) is 0 Å². The molecule has 0 aliphatic heterocycles. The summed E-state index contributed by atoms with van der Waals surface area (Å²) in [6.07, 6.45) is 6.79. The van der Waals surface area contributed by atoms with Crippen LogP contribution >= 0.6 is 0 Å². The molecular weight excluding hydrogens is 402 g/mol. The average molecular weight is 423 g/mol. The Morgan fingerprint density at radius 3 is 2.55 bits per heavy atom. The number of nitrogens with one attached hydrogen (secondary N) is 1. The van der Waals surface area contributed by atoms with Crippen LogP contribution in [0.1, 0.15) is 47.0 Å². The van der Waals surface area contributed by atoms with Gasteiger partial charge in [-0.05, 0) is 31.4 Å². The topological polar surface area (TPSA) is 128 Å². The van der Waals surface area contributed by atoms with Crippen molar-refractivity contribution < 1.29 is 24.2 Å². The number of ether oxygens (including phenoxy) is 2. The summed E-state index contributed by atoms with van der Waals surface area (Å²) in [4.78, 5) is 31.5. The molecule has 31 heavy (non-hydrogen) atoms. The van der Waals surface area contributed by atoms with Crippen LogP contribution in [0, 0.1) is 0 Å². The number of aryl methyl sites for hydroxylation is 1. The van der Waals surface area contributed by atoms with Gasteiger partial charge in [-0.3, -0.25) is 9.48 Å². The minimum Gasteiger partial charge on any atom is -0.487 e. The monoisotopic (exact) mass is 423 g/mol. The molecule has 0 unspecified atom stereocenters. The Labute approximate surface area is 177 Å². The van der Waals surface area contributed by atoms with Gasteiger partial charge in [0.1, 0.15) is 17.1 Å². The zero-order chi connectivity index (χ0) is 22.0. The molecule has 0 bridgehead atoms. The molecule has 160 valence electrons. The van der Waals surface area contributed by atoms with E-state index in [2.05, 4.69) is 27.3 Å². The first-order chi connectivity index (χ1) is 14.9. The Bertz CT molecular complexity index is 1120. The highest BCUT2D eigenvalue weighted by molar-refractivity contribution is 6.04. The number of hydrogen-bond acceptors (Lipinski definition) is 7. The van der Waals surface area contributed by atoms with Crippen LogP contribution in [0.15, 0.2) is 42.9 Å². The molecule has 1 fully saturated rings. The highest BCUT2D eigenvalue weighted by Crippen LogP contribution is 2.43. The molecule has 0 spiro atoms. The van der Waals surface area contributed by atoms with E-state index in [-0.39, 0.29) is 23.1 Å². The quantitative estimate of drug-likeness (QED) is 0.565. The standard InChI is InChI=1S/C21H21N5O5/c1-3-21(5-6-21)31-15-9-13(19(27)24-17-4-7-26(2)25-17)8-14(10-15)30-18-12-22-16(11-23-18)20(28)29/h4,7-12H,3,5-6H2,1-2H3,(H,28,29)(H,24,25,27). The first-order valence-electron chi connectivity index (χ1n) is 9.74. The number of hydrogen-bond donors (Lipinski definition) is 2. The number of rotatable bonds is 8. The van der Waals surface area contributed by atoms with Gasteiger partial charge in [0.05, 0.1) is 12.4 Å². The summed E-state index contributed by atoms with van der Waals surface area (Å²) in [5.74, 6) is -0.232. The molecule has 0 radical (unpaired) electrons. The summed E-state index contributed by atoms with van der Waals surface area (Å²) >= 11 is 0. The summed E-state index contributed by atoms with van der Waals surface area (Å²) in [7, 11) is 1.76. The van der Waals surface area contributed by atoms with Crippen molar-refractivity contribution in [2.75, 3.05) is 5.32 Å². The number of nitrogens with zero attached hydrogens (tertiary/aromatic N) is 4. The Hall–Kier alpha value is -3.95. The fourth-order valence-electron chi connectivity index (χ4n) is 3.01. The number of carboxylic acid groups (broad SMARTS) is 1. The van der Waals surface area contributed by atoms with E-state index >= 15 is 0 Å². The van der Waals surface area contributed by atoms with Gasteiger partial charge < -0.3 is 19.9 Å². The number of anilines is 1. The molecule has 3 aromatic rings. The molecule has 0 atom stereocenters. The lowest BCUT2D eigenvalue weighted by Crippen LogP contribution is -2.17. The van der Waals surface area contributed by atoms with Crippen LogP contribution in [-0.4, -0.2) is 42.3 Å². The molecule has 2 heterocycles. The third kappa shape index (κ3) is 4.80. The lowest BCUT2D eigenvalue weighted by Gasteiger charge is -2.18. The van der Waals surface area contributed by atoms with Crippen molar-refractivity contribution in [3.63, 3.8) is 0 Å². The smallest absolute Gasteiger partial charge is 0.356 e. The molecule has 0 saturated heterocycles. The lowest BCUT2D eigenvalue weighted by molar-refractivity contribution is 0.0689. The van der Waals surface area contributed by atoms with Crippen LogP contribution in [-0.2, 0) is 7.05 Å². The van der Waals surface area contributed by atoms with E-state index in [1.165, 1.54) is 6.20 Å². The average Bonchev–Trinajstić information content (AvgIpc) is 3.40. The van der Waals surface area contributed by atoms with Crippen molar-refractivity contribution in [2.45, 2.75) is 31.8 Å². The summed E-state index contributed by atoms with van der Waals surface area (Å²) in [6.45, 7) is 2.06. The van der Waals surface area contributed by atoms with Gasteiger partial charge in [-0.15, -0.1) is 0 Å². The highest BCUT2D eigenvalue weighted by atomic mass is 16.5. The predicted molar refractivity (Wildman–Crippen MR) is 110 cm³/mol. The number of amides is 1. The number of aromatic carboxylic acids is 1. The summed E-state index contributed by atoms with van der Waals surface area (Å²) in [5.41, 5.74) is -0.0883. The molecule has 1 aromatic carbocycles. The third-order valence-electron chi connectivity index (χ3n) is 4.95. The zero-order valence-corrected chi connectivity index (χ0v) is 17.0. The van der Waals surface area contributed by atoms with Crippen LogP contribution in [0.25, 0.3) is 0 Å². The van der Waals surface area contributed by atoms with E-state index < -0.39 is 5.97 Å².